The van der Waals surface area contributed by atoms with Gasteiger partial charge in [-0.25, -0.2) is 0 Å². The zero-order valence-electron chi connectivity index (χ0n) is 5.87. The highest BCUT2D eigenvalue weighted by atomic mass is 32.1. The van der Waals surface area contributed by atoms with Crippen LogP contribution in [0.25, 0.3) is 0 Å². The lowest BCUT2D eigenvalue weighted by molar-refractivity contribution is 0.118. The van der Waals surface area contributed by atoms with Gasteiger partial charge in [-0.15, -0.1) is 10.2 Å². The van der Waals surface area contributed by atoms with Crippen LogP contribution in [0.4, 0.5) is 5.13 Å². The van der Waals surface area contributed by atoms with Gasteiger partial charge in [0, 0.05) is 7.11 Å². The monoisotopic (exact) mass is 159 g/mol. The lowest BCUT2D eigenvalue weighted by Crippen LogP contribution is -1.93. The Hall–Kier alpha value is -0.680. The maximum atomic E-state index is 5.36. The van der Waals surface area contributed by atoms with Gasteiger partial charge in [-0.3, -0.25) is 0 Å². The normalized spacial score (nSPS) is 13.4. The summed E-state index contributed by atoms with van der Waals surface area (Å²) in [6.07, 6.45) is -0.00481. The van der Waals surface area contributed by atoms with E-state index in [9.17, 15) is 0 Å². The van der Waals surface area contributed by atoms with Crippen LogP contribution in [-0.4, -0.2) is 17.3 Å². The van der Waals surface area contributed by atoms with E-state index in [0.29, 0.717) is 5.13 Å². The highest BCUT2D eigenvalue weighted by Crippen LogP contribution is 2.20. The number of nitrogen functional groups attached to an aromatic ring is 1. The van der Waals surface area contributed by atoms with Crippen molar-refractivity contribution >= 4 is 16.5 Å². The van der Waals surface area contributed by atoms with Gasteiger partial charge in [0.2, 0.25) is 5.13 Å². The molecule has 0 saturated heterocycles. The SMILES string of the molecule is CO[C@H](C)c1nnc(N)s1. The zero-order valence-corrected chi connectivity index (χ0v) is 6.68. The molecule has 0 aliphatic carbocycles. The van der Waals surface area contributed by atoms with Gasteiger partial charge >= 0.3 is 0 Å². The fourth-order valence-electron chi connectivity index (χ4n) is 0.512. The number of hydrogen-bond donors (Lipinski definition) is 1. The third-order valence-corrected chi connectivity index (χ3v) is 2.07. The van der Waals surface area contributed by atoms with Crippen molar-refractivity contribution in [2.75, 3.05) is 12.8 Å². The number of hydrogen-bond acceptors (Lipinski definition) is 5. The molecule has 0 fully saturated rings. The van der Waals surface area contributed by atoms with Crippen LogP contribution >= 0.6 is 11.3 Å². The minimum atomic E-state index is -0.00481. The third-order valence-electron chi connectivity index (χ3n) is 1.16. The lowest BCUT2D eigenvalue weighted by Gasteiger charge is -2.01. The summed E-state index contributed by atoms with van der Waals surface area (Å²) >= 11 is 1.35. The molecule has 56 valence electrons. The Kier molecular flexibility index (Phi) is 2.18. The van der Waals surface area contributed by atoms with E-state index in [4.69, 9.17) is 10.5 Å². The number of nitrogens with two attached hydrogens (primary N) is 1. The quantitative estimate of drug-likeness (QED) is 0.694. The number of ether oxygens (including phenoxy) is 1. The summed E-state index contributed by atoms with van der Waals surface area (Å²) in [5, 5.41) is 8.76. The predicted molar refractivity (Wildman–Crippen MR) is 39.7 cm³/mol. The van der Waals surface area contributed by atoms with Crippen LogP contribution in [-0.2, 0) is 4.74 Å². The molecule has 1 aromatic heterocycles. The van der Waals surface area contributed by atoms with E-state index < -0.39 is 0 Å². The van der Waals surface area contributed by atoms with Crippen molar-refractivity contribution in [1.82, 2.24) is 10.2 Å². The maximum Gasteiger partial charge on any atom is 0.203 e. The molecule has 0 radical (unpaired) electrons. The van der Waals surface area contributed by atoms with Gasteiger partial charge in [0.1, 0.15) is 11.1 Å². The van der Waals surface area contributed by atoms with E-state index in [2.05, 4.69) is 10.2 Å². The molecule has 0 aliphatic rings. The first kappa shape index (κ1) is 7.43. The van der Waals surface area contributed by atoms with Crippen molar-refractivity contribution in [3.05, 3.63) is 5.01 Å². The Balaban J connectivity index is 2.74. The van der Waals surface area contributed by atoms with Crippen LogP contribution in [0.1, 0.15) is 18.0 Å². The molecular formula is C5H9N3OS. The Morgan fingerprint density at radius 3 is 2.70 bits per heavy atom. The van der Waals surface area contributed by atoms with Crippen molar-refractivity contribution in [3.63, 3.8) is 0 Å². The predicted octanol–water partition coefficient (Wildman–Crippen LogP) is 0.828. The van der Waals surface area contributed by atoms with Crippen molar-refractivity contribution < 1.29 is 4.74 Å². The molecule has 0 unspecified atom stereocenters. The second-order valence-corrected chi connectivity index (χ2v) is 2.90. The third kappa shape index (κ3) is 1.43. The van der Waals surface area contributed by atoms with E-state index in [-0.39, 0.29) is 6.10 Å². The summed E-state index contributed by atoms with van der Waals surface area (Å²) in [7, 11) is 1.63. The van der Waals surface area contributed by atoms with Gasteiger partial charge in [0.25, 0.3) is 0 Å². The maximum absolute atomic E-state index is 5.36. The minimum absolute atomic E-state index is 0.00481. The molecule has 0 aliphatic heterocycles. The Labute approximate surface area is 63.0 Å². The Morgan fingerprint density at radius 1 is 1.60 bits per heavy atom. The molecule has 0 amide bonds. The fourth-order valence-corrected chi connectivity index (χ4v) is 1.15. The fraction of sp³-hybridized carbons (Fsp3) is 0.600. The van der Waals surface area contributed by atoms with Crippen LogP contribution in [0.3, 0.4) is 0 Å². The number of nitrogens with zero attached hydrogens (tertiary/aromatic N) is 2. The molecule has 4 nitrogen and oxygen atoms in total. The van der Waals surface area contributed by atoms with Crippen LogP contribution in [0.5, 0.6) is 0 Å². The molecule has 0 bridgehead atoms. The van der Waals surface area contributed by atoms with E-state index >= 15 is 0 Å². The van der Waals surface area contributed by atoms with E-state index in [1.807, 2.05) is 6.92 Å². The van der Waals surface area contributed by atoms with Gasteiger partial charge in [0.15, 0.2) is 0 Å². The second-order valence-electron chi connectivity index (χ2n) is 1.86. The Morgan fingerprint density at radius 2 is 2.30 bits per heavy atom. The van der Waals surface area contributed by atoms with Gasteiger partial charge in [-0.1, -0.05) is 11.3 Å². The summed E-state index contributed by atoms with van der Waals surface area (Å²) < 4.78 is 5.00. The molecule has 10 heavy (non-hydrogen) atoms. The topological polar surface area (TPSA) is 61.0 Å². The lowest BCUT2D eigenvalue weighted by atomic mass is 10.4. The summed E-state index contributed by atoms with van der Waals surface area (Å²) in [5.74, 6) is 0. The average Bonchev–Trinajstić information content (AvgIpc) is 2.34. The highest BCUT2D eigenvalue weighted by molar-refractivity contribution is 7.15. The first-order valence-corrected chi connectivity index (χ1v) is 3.67. The smallest absolute Gasteiger partial charge is 0.203 e. The average molecular weight is 159 g/mol. The summed E-state index contributed by atoms with van der Waals surface area (Å²) in [4.78, 5) is 0. The molecule has 2 N–H and O–H groups in total. The van der Waals surface area contributed by atoms with E-state index in [1.54, 1.807) is 7.11 Å². The van der Waals surface area contributed by atoms with Crippen molar-refractivity contribution in [3.8, 4) is 0 Å². The largest absolute Gasteiger partial charge is 0.374 e. The summed E-state index contributed by atoms with van der Waals surface area (Å²) in [6.45, 7) is 1.90. The first-order valence-electron chi connectivity index (χ1n) is 2.85. The van der Waals surface area contributed by atoms with Gasteiger partial charge < -0.3 is 10.5 Å². The number of anilines is 1. The standard InChI is InChI=1S/C5H9N3OS/c1-3(9-2)4-7-8-5(6)10-4/h3H,1-2H3,(H2,6,8)/t3-/m1/s1. The molecule has 0 aromatic carbocycles. The zero-order chi connectivity index (χ0) is 7.56. The molecule has 1 rings (SSSR count). The highest BCUT2D eigenvalue weighted by Gasteiger charge is 2.08. The van der Waals surface area contributed by atoms with Crippen LogP contribution < -0.4 is 5.73 Å². The van der Waals surface area contributed by atoms with E-state index in [0.717, 1.165) is 5.01 Å². The van der Waals surface area contributed by atoms with Crippen LogP contribution in [0, 0.1) is 0 Å². The van der Waals surface area contributed by atoms with E-state index in [1.165, 1.54) is 11.3 Å². The summed E-state index contributed by atoms with van der Waals surface area (Å²) in [6, 6.07) is 0. The summed E-state index contributed by atoms with van der Waals surface area (Å²) in [5.41, 5.74) is 5.36. The van der Waals surface area contributed by atoms with Crippen molar-refractivity contribution in [1.29, 1.82) is 0 Å². The molecular weight excluding hydrogens is 150 g/mol. The van der Waals surface area contributed by atoms with Gasteiger partial charge in [-0.05, 0) is 6.92 Å². The number of methoxy groups -OCH3 is 1. The molecule has 1 aromatic rings. The van der Waals surface area contributed by atoms with Crippen molar-refractivity contribution in [2.45, 2.75) is 13.0 Å². The molecule has 0 spiro atoms. The van der Waals surface area contributed by atoms with Crippen molar-refractivity contribution in [2.24, 2.45) is 0 Å². The second kappa shape index (κ2) is 2.94. The molecule has 0 saturated carbocycles. The van der Waals surface area contributed by atoms with Crippen LogP contribution in [0.2, 0.25) is 0 Å². The first-order chi connectivity index (χ1) is 4.74. The van der Waals surface area contributed by atoms with Gasteiger partial charge in [0.05, 0.1) is 0 Å². The van der Waals surface area contributed by atoms with Crippen LogP contribution in [0.15, 0.2) is 0 Å². The molecule has 1 heterocycles. The molecule has 5 heteroatoms. The number of aromatic nitrogens is 2. The van der Waals surface area contributed by atoms with Gasteiger partial charge in [-0.2, -0.15) is 0 Å². The molecule has 1 atom stereocenters. The number of rotatable bonds is 2. The minimum Gasteiger partial charge on any atom is -0.374 e. The Bertz CT molecular complexity index is 212.